The van der Waals surface area contributed by atoms with E-state index in [1.807, 2.05) is 0 Å². The Morgan fingerprint density at radius 3 is 2.72 bits per heavy atom. The van der Waals surface area contributed by atoms with Crippen molar-refractivity contribution < 1.29 is 19.1 Å². The number of carbonyl (C=O) groups excluding carboxylic acids is 2. The van der Waals surface area contributed by atoms with Crippen LogP contribution in [0.1, 0.15) is 50.8 Å². The Morgan fingerprint density at radius 1 is 1.22 bits per heavy atom. The number of nitrogens with zero attached hydrogens (tertiary/aromatic N) is 1. The fourth-order valence-corrected chi connectivity index (χ4v) is 1.99. The number of hydrogen-bond acceptors (Lipinski definition) is 5. The van der Waals surface area contributed by atoms with Gasteiger partial charge in [-0.1, -0.05) is 0 Å². The van der Waals surface area contributed by atoms with Crippen LogP contribution in [0.15, 0.2) is 28.9 Å². The van der Waals surface area contributed by atoms with Gasteiger partial charge in [-0.25, -0.2) is 0 Å². The lowest BCUT2D eigenvalue weighted by atomic mass is 9.90. The maximum Gasteiger partial charge on any atom is 0.231 e. The van der Waals surface area contributed by atoms with Gasteiger partial charge in [-0.2, -0.15) is 0 Å². The number of aromatic nitrogens is 1. The van der Waals surface area contributed by atoms with Crippen molar-refractivity contribution in [2.75, 3.05) is 0 Å². The lowest BCUT2D eigenvalue weighted by Gasteiger charge is -2.11. The van der Waals surface area contributed by atoms with E-state index in [-0.39, 0.29) is 34.2 Å². The maximum absolute atomic E-state index is 12.2. The molecule has 1 atom stereocenters. The summed E-state index contributed by atoms with van der Waals surface area (Å²) in [6, 6.07) is 2.93. The first kappa shape index (κ1) is 10.9. The lowest BCUT2D eigenvalue weighted by Crippen LogP contribution is -2.19. The zero-order chi connectivity index (χ0) is 12.9. The fourth-order valence-electron chi connectivity index (χ4n) is 1.99. The average Bonchev–Trinajstić information content (AvgIpc) is 2.81. The highest BCUT2D eigenvalue weighted by atomic mass is 16.4. The van der Waals surface area contributed by atoms with E-state index in [4.69, 9.17) is 4.42 Å². The van der Waals surface area contributed by atoms with Gasteiger partial charge < -0.3 is 9.52 Å². The number of rotatable bonds is 1. The Kier molecular flexibility index (Phi) is 2.18. The van der Waals surface area contributed by atoms with Crippen molar-refractivity contribution >= 4 is 11.6 Å². The summed E-state index contributed by atoms with van der Waals surface area (Å²) in [4.78, 5) is 28.1. The fraction of sp³-hybridized carbons (Fsp3) is 0.154. The van der Waals surface area contributed by atoms with Gasteiger partial charge >= 0.3 is 0 Å². The van der Waals surface area contributed by atoms with Crippen LogP contribution in [-0.4, -0.2) is 21.7 Å². The molecule has 1 unspecified atom stereocenters. The van der Waals surface area contributed by atoms with Gasteiger partial charge in [0.25, 0.3) is 0 Å². The number of aliphatic hydroxyl groups excluding tert-OH is 1. The molecule has 0 aliphatic heterocycles. The molecule has 5 nitrogen and oxygen atoms in total. The number of carbonyl (C=O) groups is 2. The molecule has 0 bridgehead atoms. The summed E-state index contributed by atoms with van der Waals surface area (Å²) in [5.74, 6) is -0.462. The maximum atomic E-state index is 12.2. The monoisotopic (exact) mass is 243 g/mol. The van der Waals surface area contributed by atoms with Crippen molar-refractivity contribution in [1.82, 2.24) is 4.98 Å². The molecular weight excluding hydrogens is 234 g/mol. The third-order valence-corrected chi connectivity index (χ3v) is 2.92. The first-order chi connectivity index (χ1) is 8.59. The molecule has 0 amide bonds. The van der Waals surface area contributed by atoms with Gasteiger partial charge in [0.05, 0.1) is 11.1 Å². The molecule has 0 saturated heterocycles. The minimum absolute atomic E-state index is 0.0172. The van der Waals surface area contributed by atoms with Crippen LogP contribution in [0.5, 0.6) is 0 Å². The molecule has 0 spiro atoms. The second-order valence-electron chi connectivity index (χ2n) is 4.15. The van der Waals surface area contributed by atoms with Crippen molar-refractivity contribution in [2.45, 2.75) is 13.0 Å². The highest BCUT2D eigenvalue weighted by molar-refractivity contribution is 6.27. The molecule has 90 valence electrons. The summed E-state index contributed by atoms with van der Waals surface area (Å²) >= 11 is 0. The molecule has 0 fully saturated rings. The van der Waals surface area contributed by atoms with E-state index in [0.717, 1.165) is 0 Å². The van der Waals surface area contributed by atoms with Gasteiger partial charge in [-0.05, 0) is 19.1 Å². The number of aliphatic hydroxyl groups is 1. The highest BCUT2D eigenvalue weighted by Gasteiger charge is 2.34. The molecule has 3 rings (SSSR count). The standard InChI is InChI=1S/C13H9NO4/c1-6(15)10-4-8-11(16)7-2-3-14-5-9(7)12(17)13(8)18-10/h2-6,15H,1H3. The first-order valence-corrected chi connectivity index (χ1v) is 5.45. The van der Waals surface area contributed by atoms with E-state index < -0.39 is 6.10 Å². The molecule has 5 heteroatoms. The van der Waals surface area contributed by atoms with E-state index >= 15 is 0 Å². The number of ketones is 2. The molecule has 2 aromatic rings. The van der Waals surface area contributed by atoms with Crippen molar-refractivity contribution in [1.29, 1.82) is 0 Å². The molecule has 18 heavy (non-hydrogen) atoms. The first-order valence-electron chi connectivity index (χ1n) is 5.45. The van der Waals surface area contributed by atoms with Crippen molar-refractivity contribution in [3.05, 3.63) is 52.7 Å². The second-order valence-corrected chi connectivity index (χ2v) is 4.15. The molecule has 0 radical (unpaired) electrons. The second kappa shape index (κ2) is 3.61. The minimum Gasteiger partial charge on any atom is -0.454 e. The van der Waals surface area contributed by atoms with Crippen LogP contribution in [0.2, 0.25) is 0 Å². The minimum atomic E-state index is -0.863. The number of fused-ring (bicyclic) bond motifs is 2. The molecule has 0 aromatic carbocycles. The summed E-state index contributed by atoms with van der Waals surface area (Å²) in [5.41, 5.74) is 0.761. The van der Waals surface area contributed by atoms with Gasteiger partial charge in [0, 0.05) is 18.0 Å². The van der Waals surface area contributed by atoms with Gasteiger partial charge in [0.2, 0.25) is 5.78 Å². The van der Waals surface area contributed by atoms with Gasteiger partial charge in [-0.3, -0.25) is 14.6 Å². The summed E-state index contributed by atoms with van der Waals surface area (Å²) in [5, 5.41) is 9.43. The quantitative estimate of drug-likeness (QED) is 0.700. The van der Waals surface area contributed by atoms with Crippen LogP contribution in [0, 0.1) is 0 Å². The van der Waals surface area contributed by atoms with Crippen molar-refractivity contribution in [3.63, 3.8) is 0 Å². The molecule has 1 aliphatic carbocycles. The van der Waals surface area contributed by atoms with Crippen LogP contribution in [0.4, 0.5) is 0 Å². The smallest absolute Gasteiger partial charge is 0.231 e. The Balaban J connectivity index is 2.24. The molecule has 0 saturated carbocycles. The topological polar surface area (TPSA) is 80.4 Å². The number of furan rings is 1. The molecule has 1 N–H and O–H groups in total. The van der Waals surface area contributed by atoms with E-state index in [0.29, 0.717) is 5.56 Å². The summed E-state index contributed by atoms with van der Waals surface area (Å²) in [7, 11) is 0. The Morgan fingerprint density at radius 2 is 2.00 bits per heavy atom. The zero-order valence-electron chi connectivity index (χ0n) is 9.51. The van der Waals surface area contributed by atoms with Gasteiger partial charge in [-0.15, -0.1) is 0 Å². The molecule has 2 aromatic heterocycles. The number of hydrogen-bond donors (Lipinski definition) is 1. The number of pyridine rings is 1. The third-order valence-electron chi connectivity index (χ3n) is 2.92. The summed E-state index contributed by atoms with van der Waals surface area (Å²) in [6.07, 6.45) is 1.95. The Bertz CT molecular complexity index is 617. The van der Waals surface area contributed by atoms with Crippen LogP contribution in [0.3, 0.4) is 0 Å². The van der Waals surface area contributed by atoms with E-state index in [1.54, 1.807) is 0 Å². The summed E-state index contributed by atoms with van der Waals surface area (Å²) in [6.45, 7) is 1.51. The van der Waals surface area contributed by atoms with E-state index in [2.05, 4.69) is 4.98 Å². The third kappa shape index (κ3) is 1.34. The van der Waals surface area contributed by atoms with Crippen molar-refractivity contribution in [3.8, 4) is 0 Å². The van der Waals surface area contributed by atoms with Gasteiger partial charge in [0.15, 0.2) is 11.5 Å². The van der Waals surface area contributed by atoms with Crippen LogP contribution in [0.25, 0.3) is 0 Å². The normalized spacial score (nSPS) is 15.2. The van der Waals surface area contributed by atoms with Crippen LogP contribution < -0.4 is 0 Å². The van der Waals surface area contributed by atoms with Crippen molar-refractivity contribution in [2.24, 2.45) is 0 Å². The zero-order valence-corrected chi connectivity index (χ0v) is 9.51. The Labute approximate surface area is 102 Å². The van der Waals surface area contributed by atoms with Crippen LogP contribution >= 0.6 is 0 Å². The molecular formula is C13H9NO4. The Hall–Kier alpha value is -2.27. The summed E-state index contributed by atoms with van der Waals surface area (Å²) < 4.78 is 5.26. The largest absolute Gasteiger partial charge is 0.454 e. The van der Waals surface area contributed by atoms with Gasteiger partial charge in [0.1, 0.15) is 11.9 Å². The molecule has 1 aliphatic rings. The highest BCUT2D eigenvalue weighted by Crippen LogP contribution is 2.30. The average molecular weight is 243 g/mol. The predicted molar refractivity (Wildman–Crippen MR) is 60.4 cm³/mol. The van der Waals surface area contributed by atoms with E-state index in [1.165, 1.54) is 31.5 Å². The molecule has 2 heterocycles. The predicted octanol–water partition coefficient (Wildman–Crippen LogP) is 1.50. The SMILES string of the molecule is CC(O)c1cc2c(o1)C(=O)c1cnccc1C2=O. The lowest BCUT2D eigenvalue weighted by molar-refractivity contribution is 0.0953. The van der Waals surface area contributed by atoms with E-state index in [9.17, 15) is 14.7 Å². The van der Waals surface area contributed by atoms with Crippen LogP contribution in [-0.2, 0) is 0 Å².